The standard InChI is InChI=1S/C23H30N2O3/c1-5-17-6-10-19(11-7-17)22(16(2)3)25-15-21(26)24-14-18-8-12-20(13-9-18)23(27)28-4/h6-13,16,22,25H,5,14-15H2,1-4H3,(H,24,26)/t22-/m1/s1. The van der Waals surface area contributed by atoms with Gasteiger partial charge in [-0.15, -0.1) is 0 Å². The number of hydrogen-bond donors (Lipinski definition) is 2. The molecule has 0 saturated carbocycles. The van der Waals surface area contributed by atoms with E-state index in [0.29, 0.717) is 18.0 Å². The molecule has 2 aromatic carbocycles. The minimum Gasteiger partial charge on any atom is -0.465 e. The third-order valence-electron chi connectivity index (χ3n) is 4.76. The van der Waals surface area contributed by atoms with Gasteiger partial charge in [-0.05, 0) is 41.2 Å². The fraction of sp³-hybridized carbons (Fsp3) is 0.391. The van der Waals surface area contributed by atoms with Gasteiger partial charge in [0, 0.05) is 12.6 Å². The Morgan fingerprint density at radius 2 is 1.57 bits per heavy atom. The minimum atomic E-state index is -0.369. The number of carbonyl (C=O) groups is 2. The first-order valence-corrected chi connectivity index (χ1v) is 9.70. The Labute approximate surface area is 167 Å². The maximum atomic E-state index is 12.2. The molecule has 2 rings (SSSR count). The SMILES string of the molecule is CCc1ccc([C@H](NCC(=O)NCc2ccc(C(=O)OC)cc2)C(C)C)cc1. The van der Waals surface area contributed by atoms with Crippen LogP contribution in [-0.4, -0.2) is 25.5 Å². The average Bonchev–Trinajstić information content (AvgIpc) is 2.72. The maximum Gasteiger partial charge on any atom is 0.337 e. The van der Waals surface area contributed by atoms with Crippen molar-refractivity contribution in [3.05, 3.63) is 70.8 Å². The van der Waals surface area contributed by atoms with Crippen molar-refractivity contribution in [2.24, 2.45) is 5.92 Å². The van der Waals surface area contributed by atoms with Gasteiger partial charge in [0.2, 0.25) is 5.91 Å². The summed E-state index contributed by atoms with van der Waals surface area (Å²) in [7, 11) is 1.35. The summed E-state index contributed by atoms with van der Waals surface area (Å²) in [6.45, 7) is 7.09. The molecule has 1 amide bonds. The van der Waals surface area contributed by atoms with E-state index in [2.05, 4.69) is 60.4 Å². The molecule has 28 heavy (non-hydrogen) atoms. The number of nitrogens with one attached hydrogen (secondary N) is 2. The molecule has 0 aliphatic rings. The highest BCUT2D eigenvalue weighted by molar-refractivity contribution is 5.89. The quantitative estimate of drug-likeness (QED) is 0.650. The molecule has 0 bridgehead atoms. The number of methoxy groups -OCH3 is 1. The van der Waals surface area contributed by atoms with Crippen LogP contribution in [0, 0.1) is 5.92 Å². The molecule has 150 valence electrons. The molecule has 0 aliphatic carbocycles. The van der Waals surface area contributed by atoms with E-state index in [9.17, 15) is 9.59 Å². The van der Waals surface area contributed by atoms with Gasteiger partial charge in [-0.2, -0.15) is 0 Å². The molecule has 2 aromatic rings. The summed E-state index contributed by atoms with van der Waals surface area (Å²) < 4.78 is 4.68. The summed E-state index contributed by atoms with van der Waals surface area (Å²) in [4.78, 5) is 23.7. The predicted octanol–water partition coefficient (Wildman–Crippen LogP) is 3.64. The second kappa shape index (κ2) is 10.6. The van der Waals surface area contributed by atoms with Gasteiger partial charge >= 0.3 is 5.97 Å². The van der Waals surface area contributed by atoms with E-state index < -0.39 is 0 Å². The van der Waals surface area contributed by atoms with Gasteiger partial charge in [0.05, 0.1) is 19.2 Å². The van der Waals surface area contributed by atoms with E-state index in [1.807, 2.05) is 12.1 Å². The minimum absolute atomic E-state index is 0.0622. The molecule has 5 heteroatoms. The van der Waals surface area contributed by atoms with Crippen LogP contribution in [-0.2, 0) is 22.5 Å². The van der Waals surface area contributed by atoms with Crippen molar-refractivity contribution in [2.75, 3.05) is 13.7 Å². The largest absolute Gasteiger partial charge is 0.465 e. The number of esters is 1. The van der Waals surface area contributed by atoms with Crippen LogP contribution in [0.25, 0.3) is 0 Å². The zero-order valence-electron chi connectivity index (χ0n) is 17.1. The molecule has 0 heterocycles. The van der Waals surface area contributed by atoms with Gasteiger partial charge in [0.25, 0.3) is 0 Å². The molecule has 0 aromatic heterocycles. The summed E-state index contributed by atoms with van der Waals surface area (Å²) in [5, 5.41) is 6.28. The first-order valence-electron chi connectivity index (χ1n) is 9.70. The number of ether oxygens (including phenoxy) is 1. The van der Waals surface area contributed by atoms with Crippen LogP contribution in [0.15, 0.2) is 48.5 Å². The number of aryl methyl sites for hydroxylation is 1. The van der Waals surface area contributed by atoms with Crippen molar-refractivity contribution >= 4 is 11.9 Å². The van der Waals surface area contributed by atoms with Gasteiger partial charge in [-0.3, -0.25) is 4.79 Å². The predicted molar refractivity (Wildman–Crippen MR) is 111 cm³/mol. The van der Waals surface area contributed by atoms with Crippen LogP contribution >= 0.6 is 0 Å². The van der Waals surface area contributed by atoms with Crippen LogP contribution < -0.4 is 10.6 Å². The van der Waals surface area contributed by atoms with Crippen LogP contribution in [0.1, 0.15) is 53.9 Å². The molecule has 0 radical (unpaired) electrons. The maximum absolute atomic E-state index is 12.2. The molecule has 2 N–H and O–H groups in total. The summed E-state index contributed by atoms with van der Waals surface area (Å²) in [6, 6.07) is 15.7. The monoisotopic (exact) mass is 382 g/mol. The first-order chi connectivity index (χ1) is 13.4. The fourth-order valence-electron chi connectivity index (χ4n) is 3.04. The number of benzene rings is 2. The second-order valence-corrected chi connectivity index (χ2v) is 7.16. The van der Waals surface area contributed by atoms with Crippen molar-refractivity contribution in [1.82, 2.24) is 10.6 Å². The molecular formula is C23H30N2O3. The molecule has 0 spiro atoms. The zero-order valence-corrected chi connectivity index (χ0v) is 17.1. The normalized spacial score (nSPS) is 11.9. The molecule has 1 atom stereocenters. The molecule has 0 unspecified atom stereocenters. The Hall–Kier alpha value is -2.66. The van der Waals surface area contributed by atoms with E-state index in [1.54, 1.807) is 12.1 Å². The van der Waals surface area contributed by atoms with E-state index in [1.165, 1.54) is 18.2 Å². The van der Waals surface area contributed by atoms with Crippen molar-refractivity contribution in [3.8, 4) is 0 Å². The first kappa shape index (κ1) is 21.6. The van der Waals surface area contributed by atoms with E-state index in [0.717, 1.165) is 12.0 Å². The molecule has 0 saturated heterocycles. The molecule has 0 aliphatic heterocycles. The lowest BCUT2D eigenvalue weighted by molar-refractivity contribution is -0.120. The molecular weight excluding hydrogens is 352 g/mol. The Balaban J connectivity index is 1.86. The van der Waals surface area contributed by atoms with E-state index >= 15 is 0 Å². The molecule has 5 nitrogen and oxygen atoms in total. The number of rotatable bonds is 9. The van der Waals surface area contributed by atoms with Crippen LogP contribution in [0.4, 0.5) is 0 Å². The zero-order chi connectivity index (χ0) is 20.5. The lowest BCUT2D eigenvalue weighted by atomic mass is 9.95. The van der Waals surface area contributed by atoms with Gasteiger partial charge in [-0.25, -0.2) is 4.79 Å². The molecule has 0 fully saturated rings. The number of carbonyl (C=O) groups excluding carboxylic acids is 2. The Bertz CT molecular complexity index is 767. The highest BCUT2D eigenvalue weighted by Crippen LogP contribution is 2.22. The van der Waals surface area contributed by atoms with Gasteiger partial charge < -0.3 is 15.4 Å². The summed E-state index contributed by atoms with van der Waals surface area (Å²) in [5.41, 5.74) is 3.92. The topological polar surface area (TPSA) is 67.4 Å². The van der Waals surface area contributed by atoms with E-state index in [4.69, 9.17) is 0 Å². The van der Waals surface area contributed by atoms with Gasteiger partial charge in [0.1, 0.15) is 0 Å². The van der Waals surface area contributed by atoms with Crippen molar-refractivity contribution in [1.29, 1.82) is 0 Å². The highest BCUT2D eigenvalue weighted by atomic mass is 16.5. The number of hydrogen-bond acceptors (Lipinski definition) is 4. The summed E-state index contributed by atoms with van der Waals surface area (Å²) in [6.07, 6.45) is 1.02. The van der Waals surface area contributed by atoms with Crippen LogP contribution in [0.2, 0.25) is 0 Å². The Morgan fingerprint density at radius 3 is 2.11 bits per heavy atom. The third-order valence-corrected chi connectivity index (χ3v) is 4.76. The smallest absolute Gasteiger partial charge is 0.337 e. The van der Waals surface area contributed by atoms with E-state index in [-0.39, 0.29) is 24.5 Å². The van der Waals surface area contributed by atoms with Gasteiger partial charge in [0.15, 0.2) is 0 Å². The average molecular weight is 383 g/mol. The number of amides is 1. The van der Waals surface area contributed by atoms with Crippen molar-refractivity contribution in [2.45, 2.75) is 39.8 Å². The summed E-state index contributed by atoms with van der Waals surface area (Å²) >= 11 is 0. The second-order valence-electron chi connectivity index (χ2n) is 7.16. The van der Waals surface area contributed by atoms with Crippen LogP contribution in [0.5, 0.6) is 0 Å². The van der Waals surface area contributed by atoms with Crippen molar-refractivity contribution < 1.29 is 14.3 Å². The van der Waals surface area contributed by atoms with Crippen molar-refractivity contribution in [3.63, 3.8) is 0 Å². The fourth-order valence-corrected chi connectivity index (χ4v) is 3.04. The Morgan fingerprint density at radius 1 is 0.964 bits per heavy atom. The summed E-state index contributed by atoms with van der Waals surface area (Å²) in [5.74, 6) is -0.0644. The highest BCUT2D eigenvalue weighted by Gasteiger charge is 2.16. The van der Waals surface area contributed by atoms with Crippen LogP contribution in [0.3, 0.4) is 0 Å². The third kappa shape index (κ3) is 6.20. The van der Waals surface area contributed by atoms with Gasteiger partial charge in [-0.1, -0.05) is 57.2 Å². The Kier molecular flexibility index (Phi) is 8.20. The lowest BCUT2D eigenvalue weighted by Gasteiger charge is -2.23. The lowest BCUT2D eigenvalue weighted by Crippen LogP contribution is -2.37.